The molecule has 0 fully saturated rings. The molecular weight excluding hydrogens is 518 g/mol. The summed E-state index contributed by atoms with van der Waals surface area (Å²) in [5.41, 5.74) is 4.86. The van der Waals surface area contributed by atoms with Crippen LogP contribution in [0.3, 0.4) is 0 Å². The maximum Gasteiger partial charge on any atom is 0.0130 e. The van der Waals surface area contributed by atoms with Gasteiger partial charge in [0, 0.05) is 7.14 Å². The molecule has 0 aromatic heterocycles. The second kappa shape index (κ2) is 8.62. The van der Waals surface area contributed by atoms with E-state index in [1.807, 2.05) is 0 Å². The van der Waals surface area contributed by atoms with Crippen molar-refractivity contribution >= 4 is 69.5 Å². The maximum atomic E-state index is 2.32. The Bertz CT molecular complexity index is 765. The molecule has 0 bridgehead atoms. The Morgan fingerprint density at radius 3 is 0.833 bits per heavy atom. The molecule has 0 amide bonds. The topological polar surface area (TPSA) is 0 Å². The van der Waals surface area contributed by atoms with E-state index in [9.17, 15) is 0 Å². The molecule has 0 saturated heterocycles. The van der Waals surface area contributed by atoms with Gasteiger partial charge in [0.15, 0.2) is 0 Å². The average Bonchev–Trinajstić information content (AvgIpc) is 2.62. The van der Waals surface area contributed by atoms with Crippen LogP contribution >= 0.6 is 45.2 Å². The molecule has 3 aromatic carbocycles. The van der Waals surface area contributed by atoms with Crippen LogP contribution in [-0.2, 0) is 0 Å². The first-order chi connectivity index (χ1) is 11.7. The molecule has 0 aliphatic carbocycles. The molecule has 0 spiro atoms. The number of hydrogen-bond donors (Lipinski definition) is 0. The summed E-state index contributed by atoms with van der Waals surface area (Å²) in [4.78, 5) is 0. The van der Waals surface area contributed by atoms with Crippen molar-refractivity contribution < 1.29 is 0 Å². The van der Waals surface area contributed by atoms with Crippen molar-refractivity contribution in [3.05, 3.63) is 102 Å². The van der Waals surface area contributed by atoms with Crippen LogP contribution in [0.1, 0.15) is 22.3 Å². The monoisotopic (exact) mass is 534 g/mol. The van der Waals surface area contributed by atoms with Crippen LogP contribution in [-0.4, -0.2) is 0 Å². The molecule has 118 valence electrons. The minimum atomic E-state index is 1.21. The van der Waals surface area contributed by atoms with E-state index in [2.05, 4.69) is 142 Å². The predicted octanol–water partition coefficient (Wildman–Crippen LogP) is 7.24. The fourth-order valence-corrected chi connectivity index (χ4v) is 2.97. The number of benzene rings is 3. The Labute approximate surface area is 170 Å². The quantitative estimate of drug-likeness (QED) is 0.245. The zero-order valence-electron chi connectivity index (χ0n) is 13.0. The average molecular weight is 534 g/mol. The van der Waals surface area contributed by atoms with Gasteiger partial charge in [-0.15, -0.1) is 0 Å². The molecule has 0 saturated carbocycles. The van der Waals surface area contributed by atoms with E-state index >= 15 is 0 Å². The normalized spacial score (nSPS) is 11.4. The summed E-state index contributed by atoms with van der Waals surface area (Å²) >= 11 is 4.65. The van der Waals surface area contributed by atoms with Crippen LogP contribution in [0.5, 0.6) is 0 Å². The van der Waals surface area contributed by atoms with Gasteiger partial charge in [0.25, 0.3) is 0 Å². The van der Waals surface area contributed by atoms with Crippen LogP contribution < -0.4 is 0 Å². The van der Waals surface area contributed by atoms with E-state index in [-0.39, 0.29) is 0 Å². The molecule has 0 heterocycles. The molecular formula is C22H16I2. The lowest BCUT2D eigenvalue weighted by atomic mass is 10.1. The van der Waals surface area contributed by atoms with Gasteiger partial charge in [0.2, 0.25) is 0 Å². The maximum absolute atomic E-state index is 2.32. The Morgan fingerprint density at radius 1 is 0.375 bits per heavy atom. The Balaban J connectivity index is 1.66. The first kappa shape index (κ1) is 17.4. The minimum absolute atomic E-state index is 1.21. The summed E-state index contributed by atoms with van der Waals surface area (Å²) < 4.78 is 2.52. The third kappa shape index (κ3) is 5.31. The lowest BCUT2D eigenvalue weighted by molar-refractivity contribution is 1.60. The minimum Gasteiger partial charge on any atom is -0.0544 e. The van der Waals surface area contributed by atoms with Crippen molar-refractivity contribution in [2.24, 2.45) is 0 Å². The van der Waals surface area contributed by atoms with Crippen molar-refractivity contribution in [2.45, 2.75) is 0 Å². The highest BCUT2D eigenvalue weighted by atomic mass is 127. The van der Waals surface area contributed by atoms with E-state index in [1.54, 1.807) is 0 Å². The molecule has 0 radical (unpaired) electrons. The number of rotatable bonds is 4. The second-order valence-corrected chi connectivity index (χ2v) is 7.93. The summed E-state index contributed by atoms with van der Waals surface area (Å²) in [6, 6.07) is 25.6. The van der Waals surface area contributed by atoms with E-state index < -0.39 is 0 Å². The third-order valence-corrected chi connectivity index (χ3v) is 5.05. The summed E-state index contributed by atoms with van der Waals surface area (Å²) in [6.07, 6.45) is 8.59. The van der Waals surface area contributed by atoms with Crippen molar-refractivity contribution in [3.63, 3.8) is 0 Å². The standard InChI is InChI=1S/C22H16I2/c23-21-13-9-19(10-14-21)7-5-17-1-2-18(4-3-17)6-8-20-11-15-22(24)16-12-20/h1-16H. The summed E-state index contributed by atoms with van der Waals surface area (Å²) in [7, 11) is 0. The summed E-state index contributed by atoms with van der Waals surface area (Å²) in [5, 5.41) is 0. The fraction of sp³-hybridized carbons (Fsp3) is 0. The van der Waals surface area contributed by atoms with E-state index in [0.29, 0.717) is 0 Å². The van der Waals surface area contributed by atoms with Gasteiger partial charge in [-0.3, -0.25) is 0 Å². The van der Waals surface area contributed by atoms with Gasteiger partial charge < -0.3 is 0 Å². The zero-order chi connectivity index (χ0) is 16.8. The smallest absolute Gasteiger partial charge is 0.0130 e. The summed E-state index contributed by atoms with van der Waals surface area (Å²) in [6.45, 7) is 0. The SMILES string of the molecule is Ic1ccc(C=Cc2ccc(C=Cc3ccc(I)cc3)cc2)cc1. The van der Waals surface area contributed by atoms with Gasteiger partial charge in [0.1, 0.15) is 0 Å². The van der Waals surface area contributed by atoms with Crippen LogP contribution in [0.15, 0.2) is 72.8 Å². The van der Waals surface area contributed by atoms with Crippen molar-refractivity contribution in [3.8, 4) is 0 Å². The molecule has 0 nitrogen and oxygen atoms in total. The largest absolute Gasteiger partial charge is 0.0544 e. The number of halogens is 2. The highest BCUT2D eigenvalue weighted by molar-refractivity contribution is 14.1. The van der Waals surface area contributed by atoms with Crippen LogP contribution in [0.25, 0.3) is 24.3 Å². The van der Waals surface area contributed by atoms with Gasteiger partial charge in [-0.1, -0.05) is 72.8 Å². The van der Waals surface area contributed by atoms with Crippen molar-refractivity contribution in [1.82, 2.24) is 0 Å². The summed E-state index contributed by atoms with van der Waals surface area (Å²) in [5.74, 6) is 0. The molecule has 24 heavy (non-hydrogen) atoms. The van der Waals surface area contributed by atoms with Gasteiger partial charge in [0.05, 0.1) is 0 Å². The van der Waals surface area contributed by atoms with Crippen LogP contribution in [0.4, 0.5) is 0 Å². The molecule has 0 atom stereocenters. The first-order valence-electron chi connectivity index (χ1n) is 7.66. The molecule has 3 aromatic rings. The fourth-order valence-electron chi connectivity index (χ4n) is 2.25. The zero-order valence-corrected chi connectivity index (χ0v) is 17.3. The molecule has 3 rings (SSSR count). The molecule has 0 unspecified atom stereocenters. The van der Waals surface area contributed by atoms with Crippen molar-refractivity contribution in [2.75, 3.05) is 0 Å². The van der Waals surface area contributed by atoms with E-state index in [1.165, 1.54) is 29.4 Å². The van der Waals surface area contributed by atoms with E-state index in [4.69, 9.17) is 0 Å². The van der Waals surface area contributed by atoms with Crippen LogP contribution in [0.2, 0.25) is 0 Å². The predicted molar refractivity (Wildman–Crippen MR) is 123 cm³/mol. The van der Waals surface area contributed by atoms with Gasteiger partial charge in [-0.05, 0) is 91.7 Å². The molecule has 0 N–H and O–H groups in total. The highest BCUT2D eigenvalue weighted by Crippen LogP contribution is 2.14. The number of hydrogen-bond acceptors (Lipinski definition) is 0. The Morgan fingerprint density at radius 2 is 0.583 bits per heavy atom. The molecule has 2 heteroatoms. The van der Waals surface area contributed by atoms with Crippen molar-refractivity contribution in [1.29, 1.82) is 0 Å². The molecule has 0 aliphatic heterocycles. The Kier molecular flexibility index (Phi) is 6.26. The third-order valence-electron chi connectivity index (χ3n) is 3.61. The van der Waals surface area contributed by atoms with Gasteiger partial charge >= 0.3 is 0 Å². The van der Waals surface area contributed by atoms with Crippen LogP contribution in [0, 0.1) is 7.14 Å². The second-order valence-electron chi connectivity index (χ2n) is 5.44. The Hall–Kier alpha value is -1.40. The van der Waals surface area contributed by atoms with Gasteiger partial charge in [-0.2, -0.15) is 0 Å². The first-order valence-corrected chi connectivity index (χ1v) is 9.82. The highest BCUT2D eigenvalue weighted by Gasteiger charge is 1.92. The lowest BCUT2D eigenvalue weighted by Gasteiger charge is -1.98. The lowest BCUT2D eigenvalue weighted by Crippen LogP contribution is -1.77. The van der Waals surface area contributed by atoms with E-state index in [0.717, 1.165) is 0 Å². The molecule has 0 aliphatic rings. The van der Waals surface area contributed by atoms with Gasteiger partial charge in [-0.25, -0.2) is 0 Å².